The van der Waals surface area contributed by atoms with E-state index in [1.165, 1.54) is 5.56 Å². The molecule has 3 nitrogen and oxygen atoms in total. The highest BCUT2D eigenvalue weighted by Gasteiger charge is 2.18. The molecule has 4 heteroatoms. The molecule has 0 radical (unpaired) electrons. The second-order valence-corrected chi connectivity index (χ2v) is 5.79. The summed E-state index contributed by atoms with van der Waals surface area (Å²) in [6.07, 6.45) is 1.81. The molecular weight excluding hydrogens is 326 g/mol. The molecule has 1 atom stereocenters. The molecule has 0 saturated heterocycles. The molecular formula is C17H16BrN3. The van der Waals surface area contributed by atoms with E-state index in [2.05, 4.69) is 57.5 Å². The number of hydrogen-bond acceptors (Lipinski definition) is 3. The quantitative estimate of drug-likeness (QED) is 0.561. The van der Waals surface area contributed by atoms with Gasteiger partial charge in [0.05, 0.1) is 11.6 Å². The van der Waals surface area contributed by atoms with Crippen LogP contribution in [0.3, 0.4) is 0 Å². The molecule has 0 aliphatic carbocycles. The summed E-state index contributed by atoms with van der Waals surface area (Å²) in [4.78, 5) is 4.41. The first kappa shape index (κ1) is 14.2. The number of aryl methyl sites for hydroxylation is 1. The summed E-state index contributed by atoms with van der Waals surface area (Å²) in [5.41, 5.74) is 7.33. The van der Waals surface area contributed by atoms with Crippen molar-refractivity contribution in [1.29, 1.82) is 0 Å². The summed E-state index contributed by atoms with van der Waals surface area (Å²) in [6, 6.07) is 16.2. The summed E-state index contributed by atoms with van der Waals surface area (Å²) in [7, 11) is 0. The van der Waals surface area contributed by atoms with Crippen LogP contribution in [-0.4, -0.2) is 4.98 Å². The van der Waals surface area contributed by atoms with Crippen molar-refractivity contribution in [3.63, 3.8) is 0 Å². The maximum atomic E-state index is 5.86. The molecule has 0 saturated carbocycles. The number of aromatic nitrogens is 1. The van der Waals surface area contributed by atoms with Gasteiger partial charge < -0.3 is 0 Å². The Hall–Kier alpha value is -1.75. The second-order valence-electron chi connectivity index (χ2n) is 5.00. The molecule has 0 amide bonds. The molecule has 3 N–H and O–H groups in total. The number of fused-ring (bicyclic) bond motifs is 1. The molecule has 106 valence electrons. The van der Waals surface area contributed by atoms with Crippen LogP contribution in [0.15, 0.2) is 59.2 Å². The van der Waals surface area contributed by atoms with Crippen molar-refractivity contribution in [2.45, 2.75) is 13.0 Å². The fraction of sp³-hybridized carbons (Fsp3) is 0.118. The highest BCUT2D eigenvalue weighted by molar-refractivity contribution is 9.10. The average molecular weight is 342 g/mol. The Morgan fingerprint density at radius 1 is 1.05 bits per heavy atom. The lowest BCUT2D eigenvalue weighted by Gasteiger charge is -2.20. The van der Waals surface area contributed by atoms with Gasteiger partial charge in [0.25, 0.3) is 0 Å². The molecule has 1 heterocycles. The molecule has 2 aromatic carbocycles. The van der Waals surface area contributed by atoms with E-state index >= 15 is 0 Å². The van der Waals surface area contributed by atoms with E-state index in [1.807, 2.05) is 24.3 Å². The fourth-order valence-corrected chi connectivity index (χ4v) is 3.11. The van der Waals surface area contributed by atoms with Gasteiger partial charge in [0.2, 0.25) is 0 Å². The van der Waals surface area contributed by atoms with Crippen LogP contribution >= 0.6 is 15.9 Å². The van der Waals surface area contributed by atoms with E-state index in [4.69, 9.17) is 5.84 Å². The largest absolute Gasteiger partial charge is 0.271 e. The maximum absolute atomic E-state index is 5.86. The number of nitrogens with zero attached hydrogens (tertiary/aromatic N) is 1. The lowest BCUT2D eigenvalue weighted by atomic mass is 9.95. The third kappa shape index (κ3) is 2.58. The van der Waals surface area contributed by atoms with Gasteiger partial charge in [-0.3, -0.25) is 10.8 Å². The van der Waals surface area contributed by atoms with E-state index < -0.39 is 0 Å². The zero-order valence-electron chi connectivity index (χ0n) is 11.7. The first-order chi connectivity index (χ1) is 10.2. The average Bonchev–Trinajstić information content (AvgIpc) is 2.52. The predicted octanol–water partition coefficient (Wildman–Crippen LogP) is 3.86. The van der Waals surface area contributed by atoms with Gasteiger partial charge in [0.1, 0.15) is 0 Å². The van der Waals surface area contributed by atoms with Gasteiger partial charge in [-0.25, -0.2) is 5.43 Å². The molecule has 3 rings (SSSR count). The van der Waals surface area contributed by atoms with Crippen LogP contribution in [-0.2, 0) is 0 Å². The number of benzene rings is 2. The highest BCUT2D eigenvalue weighted by Crippen LogP contribution is 2.33. The van der Waals surface area contributed by atoms with Crippen molar-refractivity contribution in [2.24, 2.45) is 5.84 Å². The van der Waals surface area contributed by atoms with Crippen molar-refractivity contribution in [3.8, 4) is 0 Å². The van der Waals surface area contributed by atoms with Gasteiger partial charge in [0.15, 0.2) is 0 Å². The first-order valence-electron chi connectivity index (χ1n) is 6.77. The summed E-state index contributed by atoms with van der Waals surface area (Å²) in [5.74, 6) is 5.86. The first-order valence-corrected chi connectivity index (χ1v) is 7.56. The fourth-order valence-electron chi connectivity index (χ4n) is 2.62. The SMILES string of the molecule is Cc1cccc(C(NN)c2cccc3ncccc23)c1Br. The second kappa shape index (κ2) is 5.93. The van der Waals surface area contributed by atoms with E-state index in [1.54, 1.807) is 6.20 Å². The summed E-state index contributed by atoms with van der Waals surface area (Å²) < 4.78 is 1.08. The Balaban J connectivity index is 2.21. The molecule has 0 aliphatic heterocycles. The summed E-state index contributed by atoms with van der Waals surface area (Å²) in [5, 5.41) is 1.11. The number of rotatable bonds is 3. The number of hydrogen-bond donors (Lipinski definition) is 2. The number of hydrazine groups is 1. The minimum absolute atomic E-state index is 0.0906. The third-order valence-corrected chi connectivity index (χ3v) is 4.77. The molecule has 1 aromatic heterocycles. The predicted molar refractivity (Wildman–Crippen MR) is 89.8 cm³/mol. The van der Waals surface area contributed by atoms with E-state index in [9.17, 15) is 0 Å². The Morgan fingerprint density at radius 3 is 2.62 bits per heavy atom. The highest BCUT2D eigenvalue weighted by atomic mass is 79.9. The van der Waals surface area contributed by atoms with Crippen molar-refractivity contribution in [1.82, 2.24) is 10.4 Å². The zero-order valence-corrected chi connectivity index (χ0v) is 13.3. The Bertz CT molecular complexity index is 781. The van der Waals surface area contributed by atoms with Crippen molar-refractivity contribution in [3.05, 3.63) is 75.9 Å². The third-order valence-electron chi connectivity index (χ3n) is 3.69. The number of nitrogens with one attached hydrogen (secondary N) is 1. The van der Waals surface area contributed by atoms with Crippen molar-refractivity contribution >= 4 is 26.8 Å². The lowest BCUT2D eigenvalue weighted by Crippen LogP contribution is -2.29. The van der Waals surface area contributed by atoms with Crippen LogP contribution in [0.4, 0.5) is 0 Å². The van der Waals surface area contributed by atoms with Gasteiger partial charge in [0, 0.05) is 16.1 Å². The minimum atomic E-state index is -0.0906. The minimum Gasteiger partial charge on any atom is -0.271 e. The molecule has 1 unspecified atom stereocenters. The molecule has 21 heavy (non-hydrogen) atoms. The summed E-state index contributed by atoms with van der Waals surface area (Å²) in [6.45, 7) is 2.08. The van der Waals surface area contributed by atoms with Crippen molar-refractivity contribution < 1.29 is 0 Å². The number of halogens is 1. The van der Waals surface area contributed by atoms with E-state index in [0.29, 0.717) is 0 Å². The normalized spacial score (nSPS) is 12.5. The Labute approximate surface area is 132 Å². The topological polar surface area (TPSA) is 50.9 Å². The molecule has 0 spiro atoms. The molecule has 0 aliphatic rings. The smallest absolute Gasteiger partial charge is 0.0727 e. The van der Waals surface area contributed by atoms with Gasteiger partial charge in [-0.2, -0.15) is 0 Å². The lowest BCUT2D eigenvalue weighted by molar-refractivity contribution is 0.638. The van der Waals surface area contributed by atoms with Crippen molar-refractivity contribution in [2.75, 3.05) is 0 Å². The van der Waals surface area contributed by atoms with E-state index in [-0.39, 0.29) is 6.04 Å². The van der Waals surface area contributed by atoms with Crippen LogP contribution in [0.5, 0.6) is 0 Å². The van der Waals surface area contributed by atoms with E-state index in [0.717, 1.165) is 26.5 Å². The molecule has 0 fully saturated rings. The van der Waals surface area contributed by atoms with Crippen LogP contribution in [0.1, 0.15) is 22.7 Å². The summed E-state index contributed by atoms with van der Waals surface area (Å²) >= 11 is 3.67. The van der Waals surface area contributed by atoms with Gasteiger partial charge in [-0.15, -0.1) is 0 Å². The monoisotopic (exact) mass is 341 g/mol. The number of nitrogens with two attached hydrogens (primary N) is 1. The zero-order chi connectivity index (χ0) is 14.8. The maximum Gasteiger partial charge on any atom is 0.0727 e. The Morgan fingerprint density at radius 2 is 1.81 bits per heavy atom. The van der Waals surface area contributed by atoms with Crippen LogP contribution in [0, 0.1) is 6.92 Å². The molecule has 3 aromatic rings. The van der Waals surface area contributed by atoms with Gasteiger partial charge in [-0.1, -0.05) is 52.3 Å². The van der Waals surface area contributed by atoms with Gasteiger partial charge >= 0.3 is 0 Å². The number of pyridine rings is 1. The molecule has 0 bridgehead atoms. The van der Waals surface area contributed by atoms with Crippen LogP contribution < -0.4 is 11.3 Å². The van der Waals surface area contributed by atoms with Crippen LogP contribution in [0.25, 0.3) is 10.9 Å². The van der Waals surface area contributed by atoms with Crippen LogP contribution in [0.2, 0.25) is 0 Å². The van der Waals surface area contributed by atoms with Gasteiger partial charge in [-0.05, 0) is 35.7 Å². The Kier molecular flexibility index (Phi) is 4.01. The standard InChI is InChI=1S/C17H16BrN3/c1-11-5-2-7-14(16(11)18)17(21-19)13-6-3-9-15-12(13)8-4-10-20-15/h2-10,17,21H,19H2,1H3.